The third-order valence-corrected chi connectivity index (χ3v) is 2.96. The Bertz CT molecular complexity index is 359. The zero-order valence-corrected chi connectivity index (χ0v) is 12.7. The highest BCUT2D eigenvalue weighted by Gasteiger charge is 2.18. The summed E-state index contributed by atoms with van der Waals surface area (Å²) in [4.78, 5) is 23.2. The maximum Gasteiger partial charge on any atom is 0.407 e. The number of hydrogen-bond acceptors (Lipinski definition) is 3. The Morgan fingerprint density at radius 2 is 1.90 bits per heavy atom. The van der Waals surface area contributed by atoms with E-state index in [1.54, 1.807) is 0 Å². The maximum absolute atomic E-state index is 11.8. The lowest BCUT2D eigenvalue weighted by molar-refractivity contribution is -0.125. The minimum atomic E-state index is -0.479. The Labute approximate surface area is 121 Å². The van der Waals surface area contributed by atoms with E-state index in [4.69, 9.17) is 4.74 Å². The van der Waals surface area contributed by atoms with E-state index >= 15 is 0 Å². The molecule has 0 aromatic carbocycles. The molecule has 2 N–H and O–H groups in total. The van der Waals surface area contributed by atoms with Crippen LogP contribution in [-0.2, 0) is 9.53 Å². The van der Waals surface area contributed by atoms with Crippen molar-refractivity contribution in [1.82, 2.24) is 10.6 Å². The molecule has 0 aliphatic heterocycles. The van der Waals surface area contributed by atoms with Gasteiger partial charge in [-0.05, 0) is 46.5 Å². The topological polar surface area (TPSA) is 67.4 Å². The molecular formula is C15H26N2O3. The molecule has 5 nitrogen and oxygen atoms in total. The number of alkyl carbamates (subject to hydrolysis) is 1. The van der Waals surface area contributed by atoms with Crippen LogP contribution in [0, 0.1) is 5.92 Å². The molecule has 1 aliphatic carbocycles. The van der Waals surface area contributed by atoms with E-state index in [9.17, 15) is 9.59 Å². The Balaban J connectivity index is 2.05. The summed E-state index contributed by atoms with van der Waals surface area (Å²) in [6.45, 7) is 6.55. The van der Waals surface area contributed by atoms with Gasteiger partial charge in [0.15, 0.2) is 0 Å². The normalized spacial score (nSPS) is 18.4. The third kappa shape index (κ3) is 7.16. The Morgan fingerprint density at radius 1 is 1.20 bits per heavy atom. The first kappa shape index (κ1) is 16.5. The summed E-state index contributed by atoms with van der Waals surface area (Å²) in [5, 5.41) is 5.58. The lowest BCUT2D eigenvalue weighted by atomic mass is 9.94. The molecule has 20 heavy (non-hydrogen) atoms. The summed E-state index contributed by atoms with van der Waals surface area (Å²) in [6, 6.07) is 0. The van der Waals surface area contributed by atoms with Gasteiger partial charge in [0.25, 0.3) is 0 Å². The quantitative estimate of drug-likeness (QED) is 0.601. The number of rotatable bonds is 5. The molecule has 5 heteroatoms. The number of carbonyl (C=O) groups is 2. The van der Waals surface area contributed by atoms with Crippen LogP contribution in [0.3, 0.4) is 0 Å². The second-order valence-corrected chi connectivity index (χ2v) is 6.05. The Hall–Kier alpha value is -1.52. The molecule has 1 aliphatic rings. The molecule has 2 amide bonds. The minimum Gasteiger partial charge on any atom is -0.444 e. The van der Waals surface area contributed by atoms with Gasteiger partial charge in [-0.3, -0.25) is 4.79 Å². The largest absolute Gasteiger partial charge is 0.444 e. The van der Waals surface area contributed by atoms with Crippen LogP contribution >= 0.6 is 0 Å². The molecular weight excluding hydrogens is 256 g/mol. The highest BCUT2D eigenvalue weighted by Crippen LogP contribution is 2.17. The first-order valence-corrected chi connectivity index (χ1v) is 7.28. The molecule has 0 saturated heterocycles. The van der Waals surface area contributed by atoms with E-state index in [1.165, 1.54) is 0 Å². The van der Waals surface area contributed by atoms with Crippen molar-refractivity contribution in [3.05, 3.63) is 12.2 Å². The summed E-state index contributed by atoms with van der Waals surface area (Å²) in [7, 11) is 0. The standard InChI is InChI=1S/C15H26N2O3/c1-15(2,3)20-14(19)17-11-7-10-16-13(18)12-8-5-4-6-9-12/h4-5,12H,6-11H2,1-3H3,(H,16,18)(H,17,19)/t12-/m1/s1. The van der Waals surface area contributed by atoms with Crippen molar-refractivity contribution in [2.45, 2.75) is 52.1 Å². The highest BCUT2D eigenvalue weighted by atomic mass is 16.6. The fourth-order valence-corrected chi connectivity index (χ4v) is 1.98. The monoisotopic (exact) mass is 282 g/mol. The SMILES string of the molecule is CC(C)(C)OC(=O)NCCCNC(=O)[C@@H]1CC=CCC1. The molecule has 1 rings (SSSR count). The first-order chi connectivity index (χ1) is 9.38. The summed E-state index contributed by atoms with van der Waals surface area (Å²) in [5.41, 5.74) is -0.479. The molecule has 0 spiro atoms. The molecule has 0 unspecified atom stereocenters. The van der Waals surface area contributed by atoms with Crippen LogP contribution in [0.25, 0.3) is 0 Å². The first-order valence-electron chi connectivity index (χ1n) is 7.28. The maximum atomic E-state index is 11.8. The van der Waals surface area contributed by atoms with Gasteiger partial charge in [-0.2, -0.15) is 0 Å². The predicted octanol–water partition coefficient (Wildman–Crippen LogP) is 2.37. The molecule has 0 bridgehead atoms. The zero-order chi connectivity index (χ0) is 15.0. The molecule has 114 valence electrons. The summed E-state index contributed by atoms with van der Waals surface area (Å²) >= 11 is 0. The Kier molecular flexibility index (Phi) is 6.55. The van der Waals surface area contributed by atoms with E-state index in [2.05, 4.69) is 22.8 Å². The second-order valence-electron chi connectivity index (χ2n) is 6.05. The average Bonchev–Trinajstić information content (AvgIpc) is 2.37. The van der Waals surface area contributed by atoms with Gasteiger partial charge < -0.3 is 15.4 Å². The summed E-state index contributed by atoms with van der Waals surface area (Å²) in [5.74, 6) is 0.227. The van der Waals surface area contributed by atoms with Crippen LogP contribution in [0.1, 0.15) is 46.5 Å². The number of ether oxygens (including phenoxy) is 1. The highest BCUT2D eigenvalue weighted by molar-refractivity contribution is 5.78. The van der Waals surface area contributed by atoms with Gasteiger partial charge in [-0.15, -0.1) is 0 Å². The molecule has 0 aromatic rings. The van der Waals surface area contributed by atoms with Crippen molar-refractivity contribution in [3.8, 4) is 0 Å². The fraction of sp³-hybridized carbons (Fsp3) is 0.733. The van der Waals surface area contributed by atoms with Gasteiger partial charge in [0.2, 0.25) is 5.91 Å². The smallest absolute Gasteiger partial charge is 0.407 e. The molecule has 0 saturated carbocycles. The molecule has 0 heterocycles. The van der Waals surface area contributed by atoms with Crippen molar-refractivity contribution in [2.75, 3.05) is 13.1 Å². The van der Waals surface area contributed by atoms with Crippen LogP contribution in [0.15, 0.2) is 12.2 Å². The molecule has 0 radical (unpaired) electrons. The van der Waals surface area contributed by atoms with Crippen molar-refractivity contribution in [2.24, 2.45) is 5.92 Å². The van der Waals surface area contributed by atoms with E-state index in [0.29, 0.717) is 19.5 Å². The van der Waals surface area contributed by atoms with Crippen molar-refractivity contribution in [1.29, 1.82) is 0 Å². The number of amides is 2. The summed E-state index contributed by atoms with van der Waals surface area (Å²) in [6.07, 6.45) is 7.22. The van der Waals surface area contributed by atoms with E-state index < -0.39 is 11.7 Å². The number of hydrogen-bond donors (Lipinski definition) is 2. The van der Waals surface area contributed by atoms with Crippen LogP contribution in [0.2, 0.25) is 0 Å². The predicted molar refractivity (Wildman–Crippen MR) is 78.3 cm³/mol. The van der Waals surface area contributed by atoms with Crippen molar-refractivity contribution >= 4 is 12.0 Å². The van der Waals surface area contributed by atoms with Gasteiger partial charge in [0, 0.05) is 19.0 Å². The van der Waals surface area contributed by atoms with Gasteiger partial charge in [0.05, 0.1) is 0 Å². The third-order valence-electron chi connectivity index (χ3n) is 2.96. The lowest BCUT2D eigenvalue weighted by Crippen LogP contribution is -2.36. The molecule has 0 fully saturated rings. The average molecular weight is 282 g/mol. The van der Waals surface area contributed by atoms with Gasteiger partial charge in [0.1, 0.15) is 5.60 Å². The van der Waals surface area contributed by atoms with Crippen LogP contribution in [0.4, 0.5) is 4.79 Å². The van der Waals surface area contributed by atoms with Crippen molar-refractivity contribution in [3.63, 3.8) is 0 Å². The number of nitrogens with one attached hydrogen (secondary N) is 2. The van der Waals surface area contributed by atoms with Crippen LogP contribution in [0.5, 0.6) is 0 Å². The summed E-state index contributed by atoms with van der Waals surface area (Å²) < 4.78 is 5.12. The van der Waals surface area contributed by atoms with Gasteiger partial charge >= 0.3 is 6.09 Å². The fourth-order valence-electron chi connectivity index (χ4n) is 1.98. The Morgan fingerprint density at radius 3 is 2.50 bits per heavy atom. The van der Waals surface area contributed by atoms with E-state index in [-0.39, 0.29) is 11.8 Å². The second kappa shape index (κ2) is 7.92. The van der Waals surface area contributed by atoms with Crippen LogP contribution < -0.4 is 10.6 Å². The minimum absolute atomic E-state index is 0.110. The van der Waals surface area contributed by atoms with Gasteiger partial charge in [-0.1, -0.05) is 12.2 Å². The van der Waals surface area contributed by atoms with E-state index in [0.717, 1.165) is 19.3 Å². The van der Waals surface area contributed by atoms with E-state index in [1.807, 2.05) is 20.8 Å². The van der Waals surface area contributed by atoms with Crippen molar-refractivity contribution < 1.29 is 14.3 Å². The molecule has 0 aromatic heterocycles. The number of carbonyl (C=O) groups excluding carboxylic acids is 2. The molecule has 1 atom stereocenters. The van der Waals surface area contributed by atoms with Gasteiger partial charge in [-0.25, -0.2) is 4.79 Å². The van der Waals surface area contributed by atoms with Crippen LogP contribution in [-0.4, -0.2) is 30.7 Å². The zero-order valence-electron chi connectivity index (χ0n) is 12.7. The number of allylic oxidation sites excluding steroid dienone is 2. The lowest BCUT2D eigenvalue weighted by Gasteiger charge is -2.20.